The highest BCUT2D eigenvalue weighted by atomic mass is 28.4. The predicted octanol–water partition coefficient (Wildman–Crippen LogP) is 6.22. The Bertz CT molecular complexity index is 1260. The van der Waals surface area contributed by atoms with Crippen LogP contribution >= 0.6 is 0 Å². The van der Waals surface area contributed by atoms with Crippen molar-refractivity contribution in [1.82, 2.24) is 0 Å². The maximum Gasteiger partial charge on any atom is 0.250 e. The van der Waals surface area contributed by atoms with Crippen molar-refractivity contribution in [3.05, 3.63) is 52.2 Å². The van der Waals surface area contributed by atoms with Crippen molar-refractivity contribution < 1.29 is 18.3 Å². The summed E-state index contributed by atoms with van der Waals surface area (Å²) in [5, 5.41) is 0.931. The maximum absolute atomic E-state index is 13.6. The SMILES string of the molecule is C=C(C)[C@@H]1Cc2c(cc(OC)c3c(=O)c4cccc(O[Si](C)(C)C(C)(C)C)c4oc23)O1. The van der Waals surface area contributed by atoms with E-state index in [0.717, 1.165) is 11.1 Å². The molecule has 0 bridgehead atoms. The van der Waals surface area contributed by atoms with E-state index in [-0.39, 0.29) is 16.6 Å². The lowest BCUT2D eigenvalue weighted by Gasteiger charge is -2.36. The van der Waals surface area contributed by atoms with E-state index in [4.69, 9.17) is 18.3 Å². The zero-order valence-corrected chi connectivity index (χ0v) is 20.3. The lowest BCUT2D eigenvalue weighted by atomic mass is 10.0. The molecule has 1 aliphatic rings. The second kappa shape index (κ2) is 7.16. The molecule has 0 unspecified atom stereocenters. The van der Waals surface area contributed by atoms with E-state index in [1.807, 2.05) is 19.1 Å². The first kappa shape index (κ1) is 21.5. The summed E-state index contributed by atoms with van der Waals surface area (Å²) in [6.45, 7) is 16.9. The molecule has 0 radical (unpaired) electrons. The number of hydrogen-bond acceptors (Lipinski definition) is 5. The van der Waals surface area contributed by atoms with Crippen LogP contribution in [-0.2, 0) is 6.42 Å². The fourth-order valence-electron chi connectivity index (χ4n) is 3.64. The van der Waals surface area contributed by atoms with Crippen molar-refractivity contribution in [2.24, 2.45) is 0 Å². The number of ether oxygens (including phenoxy) is 2. The van der Waals surface area contributed by atoms with Crippen molar-refractivity contribution >= 4 is 30.3 Å². The quantitative estimate of drug-likeness (QED) is 0.275. The summed E-state index contributed by atoms with van der Waals surface area (Å²) in [6.07, 6.45) is 0.454. The van der Waals surface area contributed by atoms with Gasteiger partial charge in [0.1, 0.15) is 34.3 Å². The van der Waals surface area contributed by atoms with E-state index < -0.39 is 8.32 Å². The molecule has 4 rings (SSSR count). The van der Waals surface area contributed by atoms with Gasteiger partial charge >= 0.3 is 0 Å². The third-order valence-electron chi connectivity index (χ3n) is 6.56. The number of fused-ring (bicyclic) bond motifs is 4. The Balaban J connectivity index is 2.01. The van der Waals surface area contributed by atoms with Crippen LogP contribution in [0.2, 0.25) is 18.1 Å². The Kier molecular flexibility index (Phi) is 4.96. The second-order valence-corrected chi connectivity index (χ2v) is 14.6. The lowest BCUT2D eigenvalue weighted by molar-refractivity contribution is 0.270. The van der Waals surface area contributed by atoms with Crippen LogP contribution < -0.4 is 19.3 Å². The molecule has 2 heterocycles. The van der Waals surface area contributed by atoms with Gasteiger partial charge in [0.15, 0.2) is 5.58 Å². The number of methoxy groups -OCH3 is 1. The van der Waals surface area contributed by atoms with E-state index >= 15 is 0 Å². The van der Waals surface area contributed by atoms with Crippen LogP contribution in [0.3, 0.4) is 0 Å². The fraction of sp³-hybridized carbons (Fsp3) is 0.400. The Morgan fingerprint density at radius 1 is 1.19 bits per heavy atom. The first-order chi connectivity index (χ1) is 14.4. The van der Waals surface area contributed by atoms with Crippen LogP contribution in [0, 0.1) is 0 Å². The molecule has 5 nitrogen and oxygen atoms in total. The minimum absolute atomic E-state index is 0.0132. The third kappa shape index (κ3) is 3.43. The normalized spacial score (nSPS) is 16.3. The molecule has 0 amide bonds. The average Bonchev–Trinajstić information content (AvgIpc) is 3.11. The molecule has 0 fully saturated rings. The smallest absolute Gasteiger partial charge is 0.250 e. The third-order valence-corrected chi connectivity index (χ3v) is 10.9. The molecular formula is C25H30O5Si. The van der Waals surface area contributed by atoms with Crippen molar-refractivity contribution in [1.29, 1.82) is 0 Å². The molecule has 6 heteroatoms. The molecular weight excluding hydrogens is 408 g/mol. The van der Waals surface area contributed by atoms with Crippen molar-refractivity contribution in [3.63, 3.8) is 0 Å². The van der Waals surface area contributed by atoms with E-state index in [1.165, 1.54) is 0 Å². The average molecular weight is 439 g/mol. The minimum atomic E-state index is -2.14. The Morgan fingerprint density at radius 2 is 1.90 bits per heavy atom. The second-order valence-electron chi connectivity index (χ2n) is 9.84. The summed E-state index contributed by atoms with van der Waals surface area (Å²) in [5.41, 5.74) is 2.63. The number of rotatable bonds is 4. The van der Waals surface area contributed by atoms with Crippen LogP contribution in [0.5, 0.6) is 17.2 Å². The van der Waals surface area contributed by atoms with Gasteiger partial charge in [-0.1, -0.05) is 33.4 Å². The van der Waals surface area contributed by atoms with Gasteiger partial charge in [0.2, 0.25) is 5.43 Å². The van der Waals surface area contributed by atoms with Crippen molar-refractivity contribution in [2.75, 3.05) is 7.11 Å². The van der Waals surface area contributed by atoms with Crippen LogP contribution in [0.1, 0.15) is 33.3 Å². The maximum atomic E-state index is 13.6. The summed E-state index contributed by atoms with van der Waals surface area (Å²) in [4.78, 5) is 13.6. The van der Waals surface area contributed by atoms with Crippen molar-refractivity contribution in [3.8, 4) is 17.2 Å². The van der Waals surface area contributed by atoms with E-state index in [0.29, 0.717) is 45.6 Å². The van der Waals surface area contributed by atoms with Crippen LogP contribution in [0.15, 0.2) is 45.6 Å². The topological polar surface area (TPSA) is 57.9 Å². The fourth-order valence-corrected chi connectivity index (χ4v) is 4.66. The monoisotopic (exact) mass is 438 g/mol. The highest BCUT2D eigenvalue weighted by Gasteiger charge is 2.39. The predicted molar refractivity (Wildman–Crippen MR) is 127 cm³/mol. The summed E-state index contributed by atoms with van der Waals surface area (Å²) in [7, 11) is -0.586. The molecule has 164 valence electrons. The Hall–Kier alpha value is -2.73. The van der Waals surface area contributed by atoms with Gasteiger partial charge in [-0.3, -0.25) is 4.79 Å². The molecule has 3 aromatic rings. The van der Waals surface area contributed by atoms with Gasteiger partial charge < -0.3 is 18.3 Å². The zero-order valence-electron chi connectivity index (χ0n) is 19.3. The molecule has 0 aliphatic carbocycles. The summed E-state index contributed by atoms with van der Waals surface area (Å²) in [6, 6.07) is 7.27. The summed E-state index contributed by atoms with van der Waals surface area (Å²) >= 11 is 0. The summed E-state index contributed by atoms with van der Waals surface area (Å²) in [5.74, 6) is 1.72. The van der Waals surface area contributed by atoms with Gasteiger partial charge in [-0.25, -0.2) is 0 Å². The molecule has 0 saturated carbocycles. The van der Waals surface area contributed by atoms with E-state index in [2.05, 4.69) is 40.4 Å². The molecule has 2 aromatic carbocycles. The first-order valence-electron chi connectivity index (χ1n) is 10.5. The Morgan fingerprint density at radius 3 is 2.52 bits per heavy atom. The van der Waals surface area contributed by atoms with Crippen LogP contribution in [-0.4, -0.2) is 21.5 Å². The van der Waals surface area contributed by atoms with Crippen molar-refractivity contribution in [2.45, 2.75) is 58.4 Å². The standard InChI is InChI=1S/C25H30O5Si/c1-14(2)18-12-16-19(28-18)13-20(27-6)21-22(26)15-10-9-11-17(23(15)29-24(16)21)30-31(7,8)25(3,4)5/h9-11,13,18H,1,12H2,2-8H3/t18-/m0/s1. The van der Waals surface area contributed by atoms with E-state index in [1.54, 1.807) is 19.2 Å². The lowest BCUT2D eigenvalue weighted by Crippen LogP contribution is -2.43. The molecule has 0 N–H and O–H groups in total. The number of hydrogen-bond donors (Lipinski definition) is 0. The highest BCUT2D eigenvalue weighted by Crippen LogP contribution is 2.43. The van der Waals surface area contributed by atoms with Gasteiger partial charge in [-0.05, 0) is 42.8 Å². The molecule has 31 heavy (non-hydrogen) atoms. The molecule has 0 saturated heterocycles. The number of para-hydroxylation sites is 1. The molecule has 1 aromatic heterocycles. The van der Waals surface area contributed by atoms with Gasteiger partial charge in [0.05, 0.1) is 12.5 Å². The minimum Gasteiger partial charge on any atom is -0.541 e. The Labute approximate surface area is 183 Å². The van der Waals surface area contributed by atoms with Crippen LogP contribution in [0.4, 0.5) is 0 Å². The highest BCUT2D eigenvalue weighted by molar-refractivity contribution is 6.74. The van der Waals surface area contributed by atoms with E-state index in [9.17, 15) is 4.79 Å². The molecule has 1 atom stereocenters. The van der Waals surface area contributed by atoms with Gasteiger partial charge in [-0.15, -0.1) is 0 Å². The first-order valence-corrected chi connectivity index (χ1v) is 13.5. The van der Waals surface area contributed by atoms with Gasteiger partial charge in [0, 0.05) is 18.1 Å². The van der Waals surface area contributed by atoms with Gasteiger partial charge in [0.25, 0.3) is 8.32 Å². The van der Waals surface area contributed by atoms with Crippen LogP contribution in [0.25, 0.3) is 21.9 Å². The molecule has 1 aliphatic heterocycles. The largest absolute Gasteiger partial charge is 0.541 e. The number of benzene rings is 2. The summed E-state index contributed by atoms with van der Waals surface area (Å²) < 4.78 is 24.6. The zero-order chi connectivity index (χ0) is 22.7. The van der Waals surface area contributed by atoms with Gasteiger partial charge in [-0.2, -0.15) is 0 Å². The molecule has 0 spiro atoms.